The van der Waals surface area contributed by atoms with Gasteiger partial charge < -0.3 is 10.2 Å². The molecule has 2 aromatic carbocycles. The molecule has 10 heteroatoms. The van der Waals surface area contributed by atoms with Gasteiger partial charge in [0, 0.05) is 41.5 Å². The molecule has 0 amide bonds. The van der Waals surface area contributed by atoms with Gasteiger partial charge in [0.1, 0.15) is 10.7 Å². The summed E-state index contributed by atoms with van der Waals surface area (Å²) in [6, 6.07) is 15.2. The molecular weight excluding hydrogens is 592 g/mol. The van der Waals surface area contributed by atoms with E-state index in [0.29, 0.717) is 23.7 Å². The number of benzene rings is 2. The van der Waals surface area contributed by atoms with E-state index in [4.69, 9.17) is 21.6 Å². The average molecular weight is 633 g/mol. The quantitative estimate of drug-likeness (QED) is 0.187. The second-order valence-corrected chi connectivity index (χ2v) is 14.4. The van der Waals surface area contributed by atoms with Crippen molar-refractivity contribution in [2.45, 2.75) is 82.2 Å². The fourth-order valence-electron chi connectivity index (χ4n) is 6.57. The van der Waals surface area contributed by atoms with Gasteiger partial charge in [-0.3, -0.25) is 4.72 Å². The molecule has 0 aliphatic heterocycles. The third kappa shape index (κ3) is 6.70. The first-order valence-electron chi connectivity index (χ1n) is 15.7. The van der Waals surface area contributed by atoms with Crippen molar-refractivity contribution in [1.29, 1.82) is 0 Å². The van der Waals surface area contributed by atoms with Crippen molar-refractivity contribution >= 4 is 44.3 Å². The zero-order valence-electron chi connectivity index (χ0n) is 25.7. The maximum Gasteiger partial charge on any atom is 0.264 e. The molecule has 2 aromatic heterocycles. The van der Waals surface area contributed by atoms with Crippen molar-refractivity contribution in [1.82, 2.24) is 19.9 Å². The maximum atomic E-state index is 12.9. The number of fused-ring (bicyclic) bond motifs is 1. The number of sulfonamides is 1. The highest BCUT2D eigenvalue weighted by Crippen LogP contribution is 2.33. The van der Waals surface area contributed by atoms with Crippen LogP contribution in [0, 0.1) is 12.8 Å². The number of hydrogen-bond acceptors (Lipinski definition) is 7. The van der Waals surface area contributed by atoms with E-state index in [9.17, 15) is 8.42 Å². The molecule has 0 atom stereocenters. The minimum atomic E-state index is -3.87. The molecule has 0 bridgehead atoms. The van der Waals surface area contributed by atoms with Crippen LogP contribution in [0.5, 0.6) is 0 Å². The third-order valence-corrected chi connectivity index (χ3v) is 11.2. The number of pyridine rings is 1. The van der Waals surface area contributed by atoms with Crippen molar-refractivity contribution in [3.8, 4) is 11.1 Å². The fourth-order valence-corrected chi connectivity index (χ4v) is 8.09. The van der Waals surface area contributed by atoms with E-state index < -0.39 is 10.0 Å². The Morgan fingerprint density at radius 2 is 1.77 bits per heavy atom. The molecule has 2 fully saturated rings. The first-order valence-corrected chi connectivity index (χ1v) is 17.6. The van der Waals surface area contributed by atoms with Gasteiger partial charge in [-0.05, 0) is 112 Å². The second kappa shape index (κ2) is 13.0. The summed E-state index contributed by atoms with van der Waals surface area (Å²) in [5, 5.41) is 4.75. The predicted octanol–water partition coefficient (Wildman–Crippen LogP) is 7.47. The summed E-state index contributed by atoms with van der Waals surface area (Å²) >= 11 is 6.13. The highest BCUT2D eigenvalue weighted by atomic mass is 35.5. The average Bonchev–Trinajstić information content (AvgIpc) is 2.99. The van der Waals surface area contributed by atoms with Crippen LogP contribution in [0.1, 0.15) is 63.1 Å². The Morgan fingerprint density at radius 3 is 2.45 bits per heavy atom. The molecule has 2 aliphatic carbocycles. The number of hydrogen-bond donors (Lipinski definition) is 2. The minimum Gasteiger partial charge on any atom is -0.351 e. The highest BCUT2D eigenvalue weighted by Gasteiger charge is 2.27. The molecule has 0 saturated heterocycles. The topological polar surface area (TPSA) is 100 Å². The summed E-state index contributed by atoms with van der Waals surface area (Å²) < 4.78 is 28.4. The third-order valence-electron chi connectivity index (χ3n) is 9.33. The van der Waals surface area contributed by atoms with E-state index >= 15 is 0 Å². The van der Waals surface area contributed by atoms with Crippen LogP contribution < -0.4 is 10.0 Å². The van der Waals surface area contributed by atoms with E-state index in [1.807, 2.05) is 19.2 Å². The minimum absolute atomic E-state index is 0.0145. The van der Waals surface area contributed by atoms with Gasteiger partial charge in [-0.25, -0.2) is 23.4 Å². The molecule has 6 rings (SSSR count). The smallest absolute Gasteiger partial charge is 0.264 e. The standard InChI is InChI=1S/C34H41ClN6O2S/c1-4-24-18-25(29-16-17-32(37-22(29)2)40-44(42,43)31-11-6-5-10-30(31)35)19-26-20-36-34(39-33(24)26)38-27-12-14-28(15-13-27)41(3)21-23-8-7-9-23/h5-6,10-11,16-20,23,27-28H,4,7-9,12-15,21H2,1-3H3,(H,37,40)(H,36,38,39)/t27-,28-. The zero-order chi connectivity index (χ0) is 30.8. The van der Waals surface area contributed by atoms with Crippen molar-refractivity contribution in [2.24, 2.45) is 5.92 Å². The van der Waals surface area contributed by atoms with Crippen LogP contribution in [-0.2, 0) is 16.4 Å². The first kappa shape index (κ1) is 30.7. The Balaban J connectivity index is 1.15. The van der Waals surface area contributed by atoms with Gasteiger partial charge in [-0.1, -0.05) is 37.1 Å². The highest BCUT2D eigenvalue weighted by molar-refractivity contribution is 7.92. The van der Waals surface area contributed by atoms with Gasteiger partial charge in [0.05, 0.1) is 10.5 Å². The molecule has 2 heterocycles. The Kier molecular flexibility index (Phi) is 9.08. The van der Waals surface area contributed by atoms with E-state index in [2.05, 4.69) is 46.0 Å². The Labute approximate surface area is 265 Å². The number of anilines is 2. The molecule has 44 heavy (non-hydrogen) atoms. The molecule has 232 valence electrons. The van der Waals surface area contributed by atoms with E-state index in [1.165, 1.54) is 44.7 Å². The van der Waals surface area contributed by atoms with Gasteiger partial charge >= 0.3 is 0 Å². The lowest BCUT2D eigenvalue weighted by Gasteiger charge is -2.38. The first-order chi connectivity index (χ1) is 21.2. The van der Waals surface area contributed by atoms with E-state index in [1.54, 1.807) is 24.3 Å². The molecule has 8 nitrogen and oxygen atoms in total. The second-order valence-electron chi connectivity index (χ2n) is 12.4. The van der Waals surface area contributed by atoms with Gasteiger partial charge in [0.15, 0.2) is 0 Å². The fraction of sp³-hybridized carbons (Fsp3) is 0.441. The lowest BCUT2D eigenvalue weighted by Crippen LogP contribution is -2.41. The Hall–Kier alpha value is -3.27. The lowest BCUT2D eigenvalue weighted by atomic mass is 9.84. The van der Waals surface area contributed by atoms with E-state index in [-0.39, 0.29) is 15.7 Å². The Bertz CT molecular complexity index is 1750. The molecule has 0 radical (unpaired) electrons. The lowest BCUT2D eigenvalue weighted by molar-refractivity contribution is 0.133. The molecule has 2 N–H and O–H groups in total. The molecule has 4 aromatic rings. The van der Waals surface area contributed by atoms with Crippen LogP contribution in [0.2, 0.25) is 5.02 Å². The van der Waals surface area contributed by atoms with Crippen LogP contribution in [-0.4, -0.2) is 53.9 Å². The number of halogens is 1. The largest absolute Gasteiger partial charge is 0.351 e. The molecule has 0 spiro atoms. The zero-order valence-corrected chi connectivity index (χ0v) is 27.3. The summed E-state index contributed by atoms with van der Waals surface area (Å²) in [5.41, 5.74) is 4.71. The number of nitrogens with one attached hydrogen (secondary N) is 2. The number of aryl methyl sites for hydroxylation is 2. The van der Waals surface area contributed by atoms with Crippen molar-refractivity contribution in [2.75, 3.05) is 23.6 Å². The van der Waals surface area contributed by atoms with Crippen LogP contribution in [0.4, 0.5) is 11.8 Å². The van der Waals surface area contributed by atoms with Crippen LogP contribution in [0.25, 0.3) is 22.0 Å². The molecule has 2 saturated carbocycles. The predicted molar refractivity (Wildman–Crippen MR) is 179 cm³/mol. The molecule has 2 aliphatic rings. The van der Waals surface area contributed by atoms with Crippen molar-refractivity contribution < 1.29 is 8.42 Å². The summed E-state index contributed by atoms with van der Waals surface area (Å²) in [7, 11) is -1.57. The SMILES string of the molecule is CCc1cc(-c2ccc(NS(=O)(=O)c3ccccc3Cl)nc2C)cc2cnc(N[C@H]3CC[C@H](N(C)CC4CCC4)CC3)nc12. The maximum absolute atomic E-state index is 12.9. The normalized spacial score (nSPS) is 19.2. The van der Waals surface area contributed by atoms with Crippen LogP contribution >= 0.6 is 11.6 Å². The van der Waals surface area contributed by atoms with E-state index in [0.717, 1.165) is 52.8 Å². The summed E-state index contributed by atoms with van der Waals surface area (Å²) in [4.78, 5) is 16.8. The van der Waals surface area contributed by atoms with Crippen molar-refractivity contribution in [3.63, 3.8) is 0 Å². The monoisotopic (exact) mass is 632 g/mol. The Morgan fingerprint density at radius 1 is 1.00 bits per heavy atom. The number of nitrogens with zero attached hydrogens (tertiary/aromatic N) is 4. The summed E-state index contributed by atoms with van der Waals surface area (Å²) in [6.45, 7) is 5.26. The van der Waals surface area contributed by atoms with Gasteiger partial charge in [0.25, 0.3) is 10.0 Å². The summed E-state index contributed by atoms with van der Waals surface area (Å²) in [5.74, 6) is 1.84. The number of aromatic nitrogens is 3. The number of rotatable bonds is 10. The molecular formula is C34H41ClN6O2S. The van der Waals surface area contributed by atoms with Gasteiger partial charge in [-0.15, -0.1) is 0 Å². The van der Waals surface area contributed by atoms with Gasteiger partial charge in [0.2, 0.25) is 5.95 Å². The summed E-state index contributed by atoms with van der Waals surface area (Å²) in [6.07, 6.45) is 11.6. The van der Waals surface area contributed by atoms with Gasteiger partial charge in [-0.2, -0.15) is 0 Å². The van der Waals surface area contributed by atoms with Crippen molar-refractivity contribution in [3.05, 3.63) is 71.0 Å². The van der Waals surface area contributed by atoms with Crippen LogP contribution in [0.3, 0.4) is 0 Å². The van der Waals surface area contributed by atoms with Crippen LogP contribution in [0.15, 0.2) is 59.6 Å². The molecule has 0 unspecified atom stereocenters.